The van der Waals surface area contributed by atoms with E-state index < -0.39 is 0 Å². The number of benzene rings is 1. The van der Waals surface area contributed by atoms with Crippen molar-refractivity contribution < 1.29 is 14.3 Å². The van der Waals surface area contributed by atoms with Crippen LogP contribution in [-0.4, -0.2) is 48.2 Å². The molecular formula is C19H27N3O3. The van der Waals surface area contributed by atoms with Crippen LogP contribution in [0.2, 0.25) is 0 Å². The zero-order valence-corrected chi connectivity index (χ0v) is 15.0. The molecule has 3 amide bonds. The summed E-state index contributed by atoms with van der Waals surface area (Å²) < 4.78 is 5.86. The molecule has 1 aliphatic heterocycles. The molecule has 1 aromatic rings. The molecule has 6 heteroatoms. The lowest BCUT2D eigenvalue weighted by atomic mass is 9.89. The van der Waals surface area contributed by atoms with Gasteiger partial charge in [-0.1, -0.05) is 25.0 Å². The van der Waals surface area contributed by atoms with Crippen molar-refractivity contribution in [1.82, 2.24) is 10.2 Å². The second-order valence-electron chi connectivity index (χ2n) is 7.06. The lowest BCUT2D eigenvalue weighted by molar-refractivity contribution is -0.0752. The topological polar surface area (TPSA) is 70.7 Å². The molecule has 3 rings (SSSR count). The highest BCUT2D eigenvalue weighted by molar-refractivity contribution is 6.03. The molecule has 6 nitrogen and oxygen atoms in total. The predicted molar refractivity (Wildman–Crippen MR) is 96.8 cm³/mol. The van der Waals surface area contributed by atoms with E-state index in [0.29, 0.717) is 24.4 Å². The van der Waals surface area contributed by atoms with E-state index in [0.717, 1.165) is 25.7 Å². The van der Waals surface area contributed by atoms with Crippen LogP contribution in [0.4, 0.5) is 10.5 Å². The monoisotopic (exact) mass is 345 g/mol. The number of carbonyl (C=O) groups excluding carboxylic acids is 2. The highest BCUT2D eigenvalue weighted by Gasteiger charge is 2.37. The number of amides is 3. The fourth-order valence-corrected chi connectivity index (χ4v) is 3.70. The Morgan fingerprint density at radius 1 is 1.20 bits per heavy atom. The van der Waals surface area contributed by atoms with Crippen LogP contribution in [0, 0.1) is 0 Å². The predicted octanol–water partition coefficient (Wildman–Crippen LogP) is 3.00. The SMILES string of the molecule is CC(C)NC(=O)Nc1ccccc1C(=O)N1CCOC2CCCCC21. The molecule has 1 saturated heterocycles. The number of nitrogens with zero attached hydrogens (tertiary/aromatic N) is 1. The van der Waals surface area contributed by atoms with Gasteiger partial charge in [-0.15, -0.1) is 0 Å². The van der Waals surface area contributed by atoms with Crippen molar-refractivity contribution in [3.05, 3.63) is 29.8 Å². The van der Waals surface area contributed by atoms with Crippen molar-refractivity contribution in [2.24, 2.45) is 0 Å². The van der Waals surface area contributed by atoms with Crippen LogP contribution in [0.15, 0.2) is 24.3 Å². The number of rotatable bonds is 3. The maximum absolute atomic E-state index is 13.2. The summed E-state index contributed by atoms with van der Waals surface area (Å²) in [5.74, 6) is -0.0272. The Balaban J connectivity index is 1.78. The highest BCUT2D eigenvalue weighted by atomic mass is 16.5. The van der Waals surface area contributed by atoms with Gasteiger partial charge in [0.15, 0.2) is 0 Å². The van der Waals surface area contributed by atoms with Gasteiger partial charge >= 0.3 is 6.03 Å². The summed E-state index contributed by atoms with van der Waals surface area (Å²) in [5.41, 5.74) is 1.08. The number of ether oxygens (including phenoxy) is 1. The van der Waals surface area contributed by atoms with Crippen LogP contribution >= 0.6 is 0 Å². The zero-order chi connectivity index (χ0) is 17.8. The molecule has 2 atom stereocenters. The third-order valence-electron chi connectivity index (χ3n) is 4.82. The average Bonchev–Trinajstić information content (AvgIpc) is 2.60. The fraction of sp³-hybridized carbons (Fsp3) is 0.579. The van der Waals surface area contributed by atoms with Crippen molar-refractivity contribution >= 4 is 17.6 Å². The molecule has 0 aromatic heterocycles. The Bertz CT molecular complexity index is 630. The quantitative estimate of drug-likeness (QED) is 0.885. The lowest BCUT2D eigenvalue weighted by Gasteiger charge is -2.44. The first kappa shape index (κ1) is 17.7. The van der Waals surface area contributed by atoms with E-state index >= 15 is 0 Å². The van der Waals surface area contributed by atoms with Gasteiger partial charge in [-0.3, -0.25) is 4.79 Å². The van der Waals surface area contributed by atoms with Crippen molar-refractivity contribution in [2.45, 2.75) is 57.7 Å². The average molecular weight is 345 g/mol. The van der Waals surface area contributed by atoms with E-state index in [-0.39, 0.29) is 30.1 Å². The second kappa shape index (κ2) is 7.87. The smallest absolute Gasteiger partial charge is 0.319 e. The number of para-hydroxylation sites is 1. The van der Waals surface area contributed by atoms with Crippen LogP contribution in [-0.2, 0) is 4.74 Å². The normalized spacial score (nSPS) is 23.1. The van der Waals surface area contributed by atoms with E-state index in [4.69, 9.17) is 4.74 Å². The molecule has 1 aliphatic carbocycles. The summed E-state index contributed by atoms with van der Waals surface area (Å²) in [7, 11) is 0. The standard InChI is InChI=1S/C19H27N3O3/c1-13(2)20-19(24)21-15-8-4-3-7-14(15)18(23)22-11-12-25-17-10-6-5-9-16(17)22/h3-4,7-8,13,16-17H,5-6,9-12H2,1-2H3,(H2,20,21,24). The number of nitrogens with one attached hydrogen (secondary N) is 2. The summed E-state index contributed by atoms with van der Waals surface area (Å²) in [4.78, 5) is 27.2. The van der Waals surface area contributed by atoms with Gasteiger partial charge < -0.3 is 20.3 Å². The van der Waals surface area contributed by atoms with Crippen molar-refractivity contribution in [3.63, 3.8) is 0 Å². The molecule has 0 spiro atoms. The van der Waals surface area contributed by atoms with Gasteiger partial charge in [0.25, 0.3) is 5.91 Å². The van der Waals surface area contributed by atoms with Crippen LogP contribution in [0.25, 0.3) is 0 Å². The minimum absolute atomic E-state index is 0.0272. The Hall–Kier alpha value is -2.08. The number of hydrogen-bond donors (Lipinski definition) is 2. The van der Waals surface area contributed by atoms with Crippen LogP contribution in [0.3, 0.4) is 0 Å². The van der Waals surface area contributed by atoms with Crippen LogP contribution in [0.1, 0.15) is 49.9 Å². The van der Waals surface area contributed by atoms with Crippen molar-refractivity contribution in [2.75, 3.05) is 18.5 Å². The molecule has 0 bridgehead atoms. The first-order chi connectivity index (χ1) is 12.1. The zero-order valence-electron chi connectivity index (χ0n) is 15.0. The third-order valence-corrected chi connectivity index (χ3v) is 4.82. The number of morpholine rings is 1. The minimum Gasteiger partial charge on any atom is -0.374 e. The highest BCUT2D eigenvalue weighted by Crippen LogP contribution is 2.30. The number of carbonyl (C=O) groups is 2. The maximum atomic E-state index is 13.2. The van der Waals surface area contributed by atoms with E-state index in [9.17, 15) is 9.59 Å². The summed E-state index contributed by atoms with van der Waals surface area (Å²) in [6.07, 6.45) is 4.45. The number of fused-ring (bicyclic) bond motifs is 1. The van der Waals surface area contributed by atoms with Gasteiger partial charge in [-0.2, -0.15) is 0 Å². The molecule has 25 heavy (non-hydrogen) atoms. The van der Waals surface area contributed by atoms with E-state index in [2.05, 4.69) is 10.6 Å². The molecule has 2 N–H and O–H groups in total. The van der Waals surface area contributed by atoms with Gasteiger partial charge in [0.1, 0.15) is 0 Å². The molecule has 2 fully saturated rings. The lowest BCUT2D eigenvalue weighted by Crippen LogP contribution is -2.54. The van der Waals surface area contributed by atoms with E-state index in [1.165, 1.54) is 0 Å². The first-order valence-corrected chi connectivity index (χ1v) is 9.15. The number of hydrogen-bond acceptors (Lipinski definition) is 3. The maximum Gasteiger partial charge on any atom is 0.319 e. The van der Waals surface area contributed by atoms with Crippen molar-refractivity contribution in [1.29, 1.82) is 0 Å². The largest absolute Gasteiger partial charge is 0.374 e. The number of urea groups is 1. The molecule has 1 heterocycles. The third kappa shape index (κ3) is 4.12. The molecule has 136 valence electrons. The van der Waals surface area contributed by atoms with Crippen LogP contribution in [0.5, 0.6) is 0 Å². The molecule has 2 unspecified atom stereocenters. The number of anilines is 1. The van der Waals surface area contributed by atoms with Crippen LogP contribution < -0.4 is 10.6 Å². The first-order valence-electron chi connectivity index (χ1n) is 9.15. The minimum atomic E-state index is -0.298. The van der Waals surface area contributed by atoms with Gasteiger partial charge in [0.05, 0.1) is 30.0 Å². The summed E-state index contributed by atoms with van der Waals surface area (Å²) in [5, 5.41) is 5.59. The Kier molecular flexibility index (Phi) is 5.58. The molecule has 2 aliphatic rings. The molecule has 0 radical (unpaired) electrons. The van der Waals surface area contributed by atoms with Gasteiger partial charge in [-0.25, -0.2) is 4.79 Å². The van der Waals surface area contributed by atoms with Gasteiger partial charge in [-0.05, 0) is 38.8 Å². The van der Waals surface area contributed by atoms with Gasteiger partial charge in [0.2, 0.25) is 0 Å². The summed E-state index contributed by atoms with van der Waals surface area (Å²) in [6, 6.07) is 7.08. The molecule has 1 aromatic carbocycles. The second-order valence-corrected chi connectivity index (χ2v) is 7.06. The Labute approximate surface area is 148 Å². The summed E-state index contributed by atoms with van der Waals surface area (Å²) >= 11 is 0. The Morgan fingerprint density at radius 3 is 2.76 bits per heavy atom. The fourth-order valence-electron chi connectivity index (χ4n) is 3.70. The summed E-state index contributed by atoms with van der Waals surface area (Å²) in [6.45, 7) is 4.98. The van der Waals surface area contributed by atoms with E-state index in [1.807, 2.05) is 30.9 Å². The van der Waals surface area contributed by atoms with Crippen molar-refractivity contribution in [3.8, 4) is 0 Å². The van der Waals surface area contributed by atoms with Gasteiger partial charge in [0, 0.05) is 12.6 Å². The Morgan fingerprint density at radius 2 is 1.96 bits per heavy atom. The van der Waals surface area contributed by atoms with E-state index in [1.54, 1.807) is 12.1 Å². The molecular weight excluding hydrogens is 318 g/mol. The molecule has 1 saturated carbocycles.